The van der Waals surface area contributed by atoms with Crippen LogP contribution >= 0.6 is 0 Å². The summed E-state index contributed by atoms with van der Waals surface area (Å²) in [4.78, 5) is 22.0. The number of hydrogen-bond donors (Lipinski definition) is 0. The number of unbranched alkanes of at least 4 members (excludes halogenated alkanes) is 14. The Labute approximate surface area is 207 Å². The molecule has 0 bridgehead atoms. The molecule has 168 valence electrons. The summed E-state index contributed by atoms with van der Waals surface area (Å²) < 4.78 is 5.22. The van der Waals surface area contributed by atoms with E-state index in [0.717, 1.165) is 12.8 Å². The molecule has 30 heavy (non-hydrogen) atoms. The number of carbonyl (C=O) groups is 2. The first kappa shape index (κ1) is 31.6. The van der Waals surface area contributed by atoms with Gasteiger partial charge < -0.3 is 14.6 Å². The van der Waals surface area contributed by atoms with Crippen molar-refractivity contribution in [3.05, 3.63) is 24.5 Å². The van der Waals surface area contributed by atoms with Crippen LogP contribution in [-0.2, 0) is 14.3 Å². The first-order valence-corrected chi connectivity index (χ1v) is 11.8. The van der Waals surface area contributed by atoms with Gasteiger partial charge in [-0.1, -0.05) is 96.5 Å². The van der Waals surface area contributed by atoms with Crippen LogP contribution in [0.1, 0.15) is 122 Å². The third kappa shape index (κ3) is 23.7. The molecule has 0 saturated carbocycles. The zero-order chi connectivity index (χ0) is 21.6. The topological polar surface area (TPSA) is 66.4 Å². The smallest absolute Gasteiger partial charge is 0.550 e. The number of esters is 1. The molecule has 0 heterocycles. The Morgan fingerprint density at radius 1 is 0.800 bits per heavy atom. The SMILES string of the molecule is C=CC/C(=C\CCCCCCCCCCCCCCCC)OC(=O)CCC(=O)[O-].[Na+]. The van der Waals surface area contributed by atoms with Gasteiger partial charge in [0, 0.05) is 12.4 Å². The van der Waals surface area contributed by atoms with Gasteiger partial charge in [-0.3, -0.25) is 4.79 Å². The molecule has 0 rings (SSSR count). The maximum atomic E-state index is 11.6. The van der Waals surface area contributed by atoms with E-state index in [-0.39, 0.29) is 42.4 Å². The van der Waals surface area contributed by atoms with Crippen LogP contribution in [0.15, 0.2) is 24.5 Å². The van der Waals surface area contributed by atoms with Crippen molar-refractivity contribution in [3.63, 3.8) is 0 Å². The molecule has 5 heteroatoms. The second kappa shape index (κ2) is 24.7. The number of carboxylic acids is 1. The standard InChI is InChI=1S/C25H44O4.Na/c1-3-5-6-7-8-9-10-11-12-13-14-15-16-17-18-20-23(19-4-2)29-25(28)22-21-24(26)27;/h4,20H,2-3,5-19,21-22H2,1H3,(H,26,27);/q;+1/p-1/b23-20+;. The van der Waals surface area contributed by atoms with E-state index >= 15 is 0 Å². The van der Waals surface area contributed by atoms with E-state index in [1.165, 1.54) is 83.5 Å². The number of rotatable bonds is 21. The Balaban J connectivity index is 0. The third-order valence-electron chi connectivity index (χ3n) is 5.05. The molecule has 0 aliphatic heterocycles. The summed E-state index contributed by atoms with van der Waals surface area (Å²) >= 11 is 0. The molecule has 0 aromatic carbocycles. The van der Waals surface area contributed by atoms with Gasteiger partial charge in [0.1, 0.15) is 5.76 Å². The van der Waals surface area contributed by atoms with Crippen LogP contribution in [0, 0.1) is 0 Å². The van der Waals surface area contributed by atoms with Gasteiger partial charge in [-0.2, -0.15) is 0 Å². The maximum absolute atomic E-state index is 11.6. The fourth-order valence-corrected chi connectivity index (χ4v) is 3.31. The zero-order valence-electron chi connectivity index (χ0n) is 19.7. The van der Waals surface area contributed by atoms with Crippen molar-refractivity contribution < 1.29 is 49.0 Å². The summed E-state index contributed by atoms with van der Waals surface area (Å²) in [5, 5.41) is 10.4. The molecule has 0 unspecified atom stereocenters. The number of aliphatic carboxylic acids is 1. The number of hydrogen-bond acceptors (Lipinski definition) is 4. The predicted molar refractivity (Wildman–Crippen MR) is 118 cm³/mol. The molecule has 0 radical (unpaired) electrons. The van der Waals surface area contributed by atoms with Gasteiger partial charge in [-0.25, -0.2) is 0 Å². The monoisotopic (exact) mass is 430 g/mol. The van der Waals surface area contributed by atoms with Gasteiger partial charge in [0.05, 0.1) is 6.42 Å². The van der Waals surface area contributed by atoms with Gasteiger partial charge in [0.2, 0.25) is 0 Å². The summed E-state index contributed by atoms with van der Waals surface area (Å²) in [5.74, 6) is -1.19. The number of carbonyl (C=O) groups excluding carboxylic acids is 2. The molecule has 0 aromatic rings. The minimum atomic E-state index is -1.24. The Morgan fingerprint density at radius 3 is 1.70 bits per heavy atom. The average Bonchev–Trinajstić information content (AvgIpc) is 2.69. The van der Waals surface area contributed by atoms with E-state index in [0.29, 0.717) is 12.2 Å². The molecule has 0 fully saturated rings. The summed E-state index contributed by atoms with van der Waals surface area (Å²) in [5.41, 5.74) is 0. The molecule has 0 atom stereocenters. The van der Waals surface area contributed by atoms with E-state index in [2.05, 4.69) is 13.5 Å². The third-order valence-corrected chi connectivity index (χ3v) is 5.05. The predicted octanol–water partition coefficient (Wildman–Crippen LogP) is 3.40. The molecule has 4 nitrogen and oxygen atoms in total. The summed E-state index contributed by atoms with van der Waals surface area (Å²) in [6.45, 7) is 5.93. The van der Waals surface area contributed by atoms with E-state index < -0.39 is 11.9 Å². The van der Waals surface area contributed by atoms with Crippen molar-refractivity contribution in [1.29, 1.82) is 0 Å². The van der Waals surface area contributed by atoms with Crippen LogP contribution < -0.4 is 34.7 Å². The van der Waals surface area contributed by atoms with Crippen molar-refractivity contribution in [2.24, 2.45) is 0 Å². The van der Waals surface area contributed by atoms with Crippen LogP contribution in [0.4, 0.5) is 0 Å². The molecular weight excluding hydrogens is 387 g/mol. The molecule has 0 aliphatic carbocycles. The Bertz CT molecular complexity index is 460. The fraction of sp³-hybridized carbons (Fsp3) is 0.760. The number of ether oxygens (including phenoxy) is 1. The van der Waals surface area contributed by atoms with Gasteiger partial charge in [-0.15, -0.1) is 6.58 Å². The summed E-state index contributed by atoms with van der Waals surface area (Å²) in [7, 11) is 0. The molecule has 0 aromatic heterocycles. The van der Waals surface area contributed by atoms with Crippen LogP contribution in [0.25, 0.3) is 0 Å². The quantitative estimate of drug-likeness (QED) is 0.0920. The molecule has 0 aliphatic rings. The average molecular weight is 431 g/mol. The number of allylic oxidation sites excluding steroid dienone is 2. The van der Waals surface area contributed by atoms with Crippen molar-refractivity contribution in [2.75, 3.05) is 0 Å². The van der Waals surface area contributed by atoms with Gasteiger partial charge >= 0.3 is 35.5 Å². The van der Waals surface area contributed by atoms with E-state index in [9.17, 15) is 14.7 Å². The van der Waals surface area contributed by atoms with Gasteiger partial charge in [0.25, 0.3) is 0 Å². The van der Waals surface area contributed by atoms with Crippen molar-refractivity contribution >= 4 is 11.9 Å². The Morgan fingerprint density at radius 2 is 1.27 bits per heavy atom. The second-order valence-electron chi connectivity index (χ2n) is 7.89. The largest absolute Gasteiger partial charge is 1.00 e. The van der Waals surface area contributed by atoms with Crippen molar-refractivity contribution in [2.45, 2.75) is 122 Å². The fourth-order valence-electron chi connectivity index (χ4n) is 3.31. The van der Waals surface area contributed by atoms with Crippen LogP contribution in [0.3, 0.4) is 0 Å². The van der Waals surface area contributed by atoms with Crippen LogP contribution in [0.2, 0.25) is 0 Å². The Kier molecular flexibility index (Phi) is 26.0. The Hall–Kier alpha value is -0.580. The van der Waals surface area contributed by atoms with E-state index in [1.807, 2.05) is 6.08 Å². The molecule has 0 amide bonds. The van der Waals surface area contributed by atoms with Crippen LogP contribution in [-0.4, -0.2) is 11.9 Å². The normalized spacial score (nSPS) is 11.0. The molecule has 0 N–H and O–H groups in total. The first-order valence-electron chi connectivity index (χ1n) is 11.8. The minimum Gasteiger partial charge on any atom is -0.550 e. The van der Waals surface area contributed by atoms with Crippen molar-refractivity contribution in [1.82, 2.24) is 0 Å². The zero-order valence-corrected chi connectivity index (χ0v) is 21.7. The first-order chi connectivity index (χ1) is 14.1. The van der Waals surface area contributed by atoms with Crippen molar-refractivity contribution in [3.8, 4) is 0 Å². The van der Waals surface area contributed by atoms with E-state index in [1.54, 1.807) is 6.08 Å². The maximum Gasteiger partial charge on any atom is 1.00 e. The van der Waals surface area contributed by atoms with Crippen LogP contribution in [0.5, 0.6) is 0 Å². The molecular formula is C25H43NaO4. The summed E-state index contributed by atoms with van der Waals surface area (Å²) in [6, 6.07) is 0. The minimum absolute atomic E-state index is 0. The molecule has 0 spiro atoms. The van der Waals surface area contributed by atoms with E-state index in [4.69, 9.17) is 4.74 Å². The number of carboxylic acid groups (broad SMARTS) is 1. The summed E-state index contributed by atoms with van der Waals surface area (Å²) in [6.07, 6.45) is 23.2. The van der Waals surface area contributed by atoms with Gasteiger partial charge in [0.15, 0.2) is 0 Å². The molecule has 0 saturated heterocycles. The second-order valence-corrected chi connectivity index (χ2v) is 7.89. The van der Waals surface area contributed by atoms with Gasteiger partial charge in [-0.05, 0) is 25.3 Å².